The molecule has 1 aliphatic carbocycles. The minimum absolute atomic E-state index is 0.0339. The molecule has 382 valence electrons. The van der Waals surface area contributed by atoms with Crippen molar-refractivity contribution in [2.75, 3.05) is 92.2 Å². The first kappa shape index (κ1) is 60.7. The number of aliphatic hydroxyl groups is 1. The molecule has 0 atom stereocenters. The van der Waals surface area contributed by atoms with Crippen molar-refractivity contribution in [1.82, 2.24) is 9.80 Å². The first-order valence-electron chi connectivity index (χ1n) is 26.6. The molecular formula is C52H98N2O11. The van der Waals surface area contributed by atoms with Crippen LogP contribution >= 0.6 is 0 Å². The lowest BCUT2D eigenvalue weighted by atomic mass is 9.91. The summed E-state index contributed by atoms with van der Waals surface area (Å²) in [5, 5.41) is 9.92. The van der Waals surface area contributed by atoms with Crippen LogP contribution in [0.2, 0.25) is 0 Å². The normalized spacial score (nSPS) is 12.9. The third kappa shape index (κ3) is 36.4. The molecule has 0 aromatic carbocycles. The highest BCUT2D eigenvalue weighted by Crippen LogP contribution is 2.24. The van der Waals surface area contributed by atoms with Crippen molar-refractivity contribution in [3.63, 3.8) is 0 Å². The van der Waals surface area contributed by atoms with E-state index in [9.17, 15) is 24.3 Å². The number of carbonyl (C=O) groups is 4. The molecule has 0 radical (unpaired) electrons. The van der Waals surface area contributed by atoms with Gasteiger partial charge in [-0.25, -0.2) is 0 Å². The van der Waals surface area contributed by atoms with Crippen LogP contribution in [0.1, 0.15) is 201 Å². The van der Waals surface area contributed by atoms with Crippen LogP contribution in [0, 0.1) is 11.8 Å². The van der Waals surface area contributed by atoms with Gasteiger partial charge < -0.3 is 33.5 Å². The predicted octanol–water partition coefficient (Wildman–Crippen LogP) is 10.0. The monoisotopic (exact) mass is 927 g/mol. The Labute approximate surface area is 396 Å². The second-order valence-electron chi connectivity index (χ2n) is 18.5. The smallest absolute Gasteiger partial charge is 0.305 e. The number of rotatable bonds is 48. The molecule has 0 aromatic heterocycles. The van der Waals surface area contributed by atoms with E-state index in [1.807, 2.05) is 0 Å². The van der Waals surface area contributed by atoms with Crippen molar-refractivity contribution in [2.45, 2.75) is 207 Å². The quantitative estimate of drug-likeness (QED) is 0.0351. The van der Waals surface area contributed by atoms with Gasteiger partial charge in [0.2, 0.25) is 0 Å². The van der Waals surface area contributed by atoms with Crippen molar-refractivity contribution >= 4 is 23.9 Å². The minimum Gasteiger partial charge on any atom is -0.465 e. The molecule has 0 aliphatic heterocycles. The molecule has 1 saturated carbocycles. The van der Waals surface area contributed by atoms with Crippen LogP contribution in [0.4, 0.5) is 0 Å². The van der Waals surface area contributed by atoms with Crippen LogP contribution in [0.15, 0.2) is 0 Å². The van der Waals surface area contributed by atoms with Crippen LogP contribution in [0.25, 0.3) is 0 Å². The van der Waals surface area contributed by atoms with Crippen LogP contribution in [-0.4, -0.2) is 137 Å². The van der Waals surface area contributed by atoms with E-state index in [0.717, 1.165) is 135 Å². The number of unbranched alkanes of at least 4 members (excludes halogenated alkanes) is 16. The van der Waals surface area contributed by atoms with Gasteiger partial charge in [0.05, 0.1) is 71.3 Å². The summed E-state index contributed by atoms with van der Waals surface area (Å²) in [4.78, 5) is 54.7. The molecule has 0 aromatic rings. The van der Waals surface area contributed by atoms with E-state index >= 15 is 0 Å². The summed E-state index contributed by atoms with van der Waals surface area (Å²) in [5.74, 6) is -1.37. The topological polar surface area (TPSA) is 150 Å². The fraction of sp³-hybridized carbons (Fsp3) is 0.923. The molecular weight excluding hydrogens is 829 g/mol. The molecule has 0 unspecified atom stereocenters. The number of nitrogens with zero attached hydrogens (tertiary/aromatic N) is 2. The summed E-state index contributed by atoms with van der Waals surface area (Å²) in [6.07, 6.45) is 26.2. The highest BCUT2D eigenvalue weighted by molar-refractivity contribution is 5.70. The van der Waals surface area contributed by atoms with Crippen LogP contribution in [0.3, 0.4) is 0 Å². The average Bonchev–Trinajstić information content (AvgIpc) is 3.28. The first-order valence-corrected chi connectivity index (χ1v) is 26.6. The number of hydrogen-bond donors (Lipinski definition) is 1. The van der Waals surface area contributed by atoms with Gasteiger partial charge in [-0.05, 0) is 38.5 Å². The lowest BCUT2D eigenvalue weighted by Crippen LogP contribution is -2.46. The molecule has 0 spiro atoms. The largest absolute Gasteiger partial charge is 0.465 e. The van der Waals surface area contributed by atoms with Gasteiger partial charge >= 0.3 is 23.9 Å². The van der Waals surface area contributed by atoms with E-state index in [-0.39, 0.29) is 68.7 Å². The standard InChI is InChI=1S/C52H98N2O11/c1-5-9-13-17-21-28-49(56)62-42-46(43-63-50(57)29-22-18-14-10-6-2)40-60-38-35-53(34-37-55)32-33-54(48-26-25-27-48)36-39-61-41-47(44-64-51(58)30-23-19-15-11-7-3)45-65-52(59)31-24-20-16-12-8-4/h46-48,55H,5-45H2,1-4H3. The van der Waals surface area contributed by atoms with Gasteiger partial charge in [0, 0.05) is 64.4 Å². The van der Waals surface area contributed by atoms with Gasteiger partial charge in [-0.1, -0.05) is 137 Å². The van der Waals surface area contributed by atoms with Crippen molar-refractivity contribution in [3.05, 3.63) is 0 Å². The molecule has 1 rings (SSSR count). The molecule has 13 nitrogen and oxygen atoms in total. The number of ether oxygens (including phenoxy) is 6. The van der Waals surface area contributed by atoms with E-state index in [2.05, 4.69) is 37.5 Å². The third-order valence-corrected chi connectivity index (χ3v) is 12.4. The Morgan fingerprint density at radius 1 is 0.446 bits per heavy atom. The van der Waals surface area contributed by atoms with Crippen LogP contribution in [0.5, 0.6) is 0 Å². The Morgan fingerprint density at radius 2 is 0.800 bits per heavy atom. The summed E-state index contributed by atoms with van der Waals surface area (Å²) in [5.41, 5.74) is 0. The summed E-state index contributed by atoms with van der Waals surface area (Å²) in [6, 6.07) is 0.483. The minimum atomic E-state index is -0.261. The Morgan fingerprint density at radius 3 is 1.12 bits per heavy atom. The lowest BCUT2D eigenvalue weighted by Gasteiger charge is -2.38. The highest BCUT2D eigenvalue weighted by atomic mass is 16.6. The van der Waals surface area contributed by atoms with Gasteiger partial charge in [0.15, 0.2) is 0 Å². The average molecular weight is 927 g/mol. The van der Waals surface area contributed by atoms with Crippen molar-refractivity contribution in [3.8, 4) is 0 Å². The molecule has 0 bridgehead atoms. The molecule has 0 amide bonds. The fourth-order valence-corrected chi connectivity index (χ4v) is 7.76. The van der Waals surface area contributed by atoms with E-state index < -0.39 is 0 Å². The Kier molecular flexibility index (Phi) is 41.3. The lowest BCUT2D eigenvalue weighted by molar-refractivity contribution is -0.152. The van der Waals surface area contributed by atoms with Crippen LogP contribution < -0.4 is 0 Å². The van der Waals surface area contributed by atoms with Crippen molar-refractivity contribution in [2.24, 2.45) is 11.8 Å². The number of carbonyl (C=O) groups excluding carboxylic acids is 4. The van der Waals surface area contributed by atoms with E-state index in [4.69, 9.17) is 28.4 Å². The molecule has 1 fully saturated rings. The summed E-state index contributed by atoms with van der Waals surface area (Å²) < 4.78 is 34.8. The second kappa shape index (κ2) is 44.2. The maximum Gasteiger partial charge on any atom is 0.305 e. The van der Waals surface area contributed by atoms with Crippen molar-refractivity contribution < 1.29 is 52.7 Å². The molecule has 0 heterocycles. The number of hydrogen-bond acceptors (Lipinski definition) is 13. The first-order chi connectivity index (χ1) is 31.8. The maximum atomic E-state index is 12.5. The van der Waals surface area contributed by atoms with Gasteiger partial charge in [-0.2, -0.15) is 0 Å². The molecule has 1 aliphatic rings. The molecule has 1 N–H and O–H groups in total. The molecule has 0 saturated heterocycles. The Bertz CT molecular complexity index is 1080. The van der Waals surface area contributed by atoms with Gasteiger partial charge in [-0.15, -0.1) is 0 Å². The maximum absolute atomic E-state index is 12.5. The Hall–Kier alpha value is -2.32. The summed E-state index contributed by atoms with van der Waals surface area (Å²) >= 11 is 0. The number of esters is 4. The Balaban J connectivity index is 2.67. The zero-order valence-electron chi connectivity index (χ0n) is 42.1. The van der Waals surface area contributed by atoms with Gasteiger partial charge in [0.25, 0.3) is 0 Å². The number of aliphatic hydroxyl groups excluding tert-OH is 1. The van der Waals surface area contributed by atoms with Crippen LogP contribution in [-0.2, 0) is 47.6 Å². The summed E-state index contributed by atoms with van der Waals surface area (Å²) in [7, 11) is 0. The third-order valence-electron chi connectivity index (χ3n) is 12.4. The SMILES string of the molecule is CCCCCCCC(=O)OCC(COCCN(CCO)CCN(CCOCC(COC(=O)CCCCCCC)COC(=O)CCCCCCC)C1CCC1)COC(=O)CCCCCCC. The fourth-order valence-electron chi connectivity index (χ4n) is 7.76. The van der Waals surface area contributed by atoms with E-state index in [1.54, 1.807) is 0 Å². The van der Waals surface area contributed by atoms with Gasteiger partial charge in [0.1, 0.15) is 0 Å². The summed E-state index contributed by atoms with van der Waals surface area (Å²) in [6.45, 7) is 14.3. The zero-order chi connectivity index (χ0) is 47.4. The van der Waals surface area contributed by atoms with E-state index in [0.29, 0.717) is 71.2 Å². The van der Waals surface area contributed by atoms with Crippen molar-refractivity contribution in [1.29, 1.82) is 0 Å². The molecule has 13 heteroatoms. The van der Waals surface area contributed by atoms with E-state index in [1.165, 1.54) is 32.1 Å². The predicted molar refractivity (Wildman–Crippen MR) is 259 cm³/mol. The van der Waals surface area contributed by atoms with Gasteiger partial charge in [-0.3, -0.25) is 29.0 Å². The zero-order valence-corrected chi connectivity index (χ0v) is 42.1. The molecule has 65 heavy (non-hydrogen) atoms. The highest BCUT2D eigenvalue weighted by Gasteiger charge is 2.25. The second-order valence-corrected chi connectivity index (χ2v) is 18.5.